The van der Waals surface area contributed by atoms with Crippen LogP contribution < -0.4 is 5.32 Å². The van der Waals surface area contributed by atoms with E-state index in [-0.39, 0.29) is 17.4 Å². The molecule has 0 saturated carbocycles. The second-order valence-corrected chi connectivity index (χ2v) is 6.91. The second kappa shape index (κ2) is 7.31. The van der Waals surface area contributed by atoms with E-state index in [0.717, 1.165) is 32.5 Å². The fraction of sp³-hybridized carbons (Fsp3) is 0.875. The number of aliphatic carboxylic acids is 1. The lowest BCUT2D eigenvalue weighted by atomic mass is 9.78. The minimum absolute atomic E-state index is 0.127. The zero-order valence-corrected chi connectivity index (χ0v) is 13.6. The van der Waals surface area contributed by atoms with Gasteiger partial charge in [-0.2, -0.15) is 0 Å². The topological polar surface area (TPSA) is 78.9 Å². The van der Waals surface area contributed by atoms with Gasteiger partial charge >= 0.3 is 12.0 Å². The molecule has 2 saturated heterocycles. The third-order valence-electron chi connectivity index (χ3n) is 5.21. The van der Waals surface area contributed by atoms with Gasteiger partial charge in [-0.1, -0.05) is 13.8 Å². The number of nitrogens with zero attached hydrogens (tertiary/aromatic N) is 1. The largest absolute Gasteiger partial charge is 0.481 e. The number of amides is 2. The number of likely N-dealkylation sites (tertiary alicyclic amines) is 1. The highest BCUT2D eigenvalue weighted by molar-refractivity contribution is 5.76. The molecular weight excluding hydrogens is 284 g/mol. The number of hydrogen-bond acceptors (Lipinski definition) is 3. The number of carbonyl (C=O) groups is 2. The van der Waals surface area contributed by atoms with E-state index in [1.165, 1.54) is 0 Å². The SMILES string of the molecule is CCC1(CNC(=O)N2CC(C)CC(C(=O)O)C2)CCOCC1. The molecule has 2 unspecified atom stereocenters. The monoisotopic (exact) mass is 312 g/mol. The minimum Gasteiger partial charge on any atom is -0.481 e. The summed E-state index contributed by atoms with van der Waals surface area (Å²) in [6.07, 6.45) is 3.61. The van der Waals surface area contributed by atoms with E-state index in [2.05, 4.69) is 12.2 Å². The summed E-state index contributed by atoms with van der Waals surface area (Å²) in [6, 6.07) is -0.128. The Hall–Kier alpha value is -1.30. The van der Waals surface area contributed by atoms with Crippen molar-refractivity contribution in [2.24, 2.45) is 17.3 Å². The van der Waals surface area contributed by atoms with Crippen molar-refractivity contribution in [3.63, 3.8) is 0 Å². The summed E-state index contributed by atoms with van der Waals surface area (Å²) >= 11 is 0. The van der Waals surface area contributed by atoms with Crippen molar-refractivity contribution >= 4 is 12.0 Å². The van der Waals surface area contributed by atoms with Crippen LogP contribution in [0.4, 0.5) is 4.79 Å². The van der Waals surface area contributed by atoms with Crippen LogP contribution in [-0.4, -0.2) is 54.9 Å². The number of hydrogen-bond donors (Lipinski definition) is 2. The zero-order valence-electron chi connectivity index (χ0n) is 13.6. The molecule has 2 atom stereocenters. The third-order valence-corrected chi connectivity index (χ3v) is 5.21. The Morgan fingerprint density at radius 1 is 1.32 bits per heavy atom. The molecule has 2 amide bonds. The fourth-order valence-corrected chi connectivity index (χ4v) is 3.53. The van der Waals surface area contributed by atoms with Gasteiger partial charge in [-0.15, -0.1) is 0 Å². The Morgan fingerprint density at radius 3 is 2.59 bits per heavy atom. The van der Waals surface area contributed by atoms with Crippen molar-refractivity contribution in [2.45, 2.75) is 39.5 Å². The highest BCUT2D eigenvalue weighted by atomic mass is 16.5. The van der Waals surface area contributed by atoms with E-state index < -0.39 is 11.9 Å². The van der Waals surface area contributed by atoms with Crippen LogP contribution in [0, 0.1) is 17.3 Å². The van der Waals surface area contributed by atoms with E-state index in [1.807, 2.05) is 6.92 Å². The molecule has 2 aliphatic heterocycles. The molecule has 2 heterocycles. The molecule has 0 spiro atoms. The van der Waals surface area contributed by atoms with Crippen LogP contribution in [0.2, 0.25) is 0 Å². The van der Waals surface area contributed by atoms with Crippen molar-refractivity contribution in [1.82, 2.24) is 10.2 Å². The number of carboxylic acids is 1. The van der Waals surface area contributed by atoms with Gasteiger partial charge in [-0.05, 0) is 37.0 Å². The molecule has 0 aromatic heterocycles. The van der Waals surface area contributed by atoms with Gasteiger partial charge in [0, 0.05) is 32.8 Å². The highest BCUT2D eigenvalue weighted by Crippen LogP contribution is 2.33. The highest BCUT2D eigenvalue weighted by Gasteiger charge is 2.34. The predicted molar refractivity (Wildman–Crippen MR) is 82.7 cm³/mol. The van der Waals surface area contributed by atoms with Crippen LogP contribution in [0.15, 0.2) is 0 Å². The average molecular weight is 312 g/mol. The van der Waals surface area contributed by atoms with E-state index in [9.17, 15) is 14.7 Å². The number of ether oxygens (including phenoxy) is 1. The van der Waals surface area contributed by atoms with Crippen molar-refractivity contribution in [2.75, 3.05) is 32.8 Å². The maximum Gasteiger partial charge on any atom is 0.317 e. The number of nitrogens with one attached hydrogen (secondary N) is 1. The van der Waals surface area contributed by atoms with Gasteiger partial charge < -0.3 is 20.1 Å². The van der Waals surface area contributed by atoms with Gasteiger partial charge in [0.2, 0.25) is 0 Å². The molecule has 22 heavy (non-hydrogen) atoms. The second-order valence-electron chi connectivity index (χ2n) is 6.91. The Balaban J connectivity index is 1.89. The molecule has 2 rings (SSSR count). The maximum absolute atomic E-state index is 12.4. The average Bonchev–Trinajstić information content (AvgIpc) is 2.53. The first-order chi connectivity index (χ1) is 10.5. The molecule has 0 bridgehead atoms. The summed E-state index contributed by atoms with van der Waals surface area (Å²) < 4.78 is 5.42. The first-order valence-electron chi connectivity index (χ1n) is 8.29. The van der Waals surface area contributed by atoms with Crippen molar-refractivity contribution in [1.29, 1.82) is 0 Å². The fourth-order valence-electron chi connectivity index (χ4n) is 3.53. The van der Waals surface area contributed by atoms with E-state index in [4.69, 9.17) is 4.74 Å². The molecule has 2 N–H and O–H groups in total. The van der Waals surface area contributed by atoms with Gasteiger partial charge in [-0.25, -0.2) is 4.79 Å². The molecule has 126 valence electrons. The van der Waals surface area contributed by atoms with Crippen LogP contribution in [0.1, 0.15) is 39.5 Å². The number of rotatable bonds is 4. The number of carbonyl (C=O) groups excluding carboxylic acids is 1. The Labute approximate surface area is 132 Å². The van der Waals surface area contributed by atoms with Crippen molar-refractivity contribution in [3.05, 3.63) is 0 Å². The smallest absolute Gasteiger partial charge is 0.317 e. The normalized spacial score (nSPS) is 28.2. The number of urea groups is 1. The number of piperidine rings is 1. The van der Waals surface area contributed by atoms with E-state index >= 15 is 0 Å². The molecule has 2 aliphatic rings. The molecular formula is C16H28N2O4. The predicted octanol–water partition coefficient (Wildman–Crippen LogP) is 1.95. The molecule has 0 aromatic rings. The summed E-state index contributed by atoms with van der Waals surface area (Å²) in [4.78, 5) is 25.3. The summed E-state index contributed by atoms with van der Waals surface area (Å²) in [6.45, 7) is 7.26. The van der Waals surface area contributed by atoms with Crippen LogP contribution in [-0.2, 0) is 9.53 Å². The van der Waals surface area contributed by atoms with Gasteiger partial charge in [0.25, 0.3) is 0 Å². The van der Waals surface area contributed by atoms with Crippen molar-refractivity contribution < 1.29 is 19.4 Å². The molecule has 6 heteroatoms. The van der Waals surface area contributed by atoms with Gasteiger partial charge in [-0.3, -0.25) is 4.79 Å². The van der Waals surface area contributed by atoms with Crippen LogP contribution in [0.5, 0.6) is 0 Å². The third kappa shape index (κ3) is 4.12. The lowest BCUT2D eigenvalue weighted by Gasteiger charge is -2.38. The van der Waals surface area contributed by atoms with E-state index in [1.54, 1.807) is 4.90 Å². The molecule has 0 aromatic carbocycles. The van der Waals surface area contributed by atoms with Gasteiger partial charge in [0.1, 0.15) is 0 Å². The lowest BCUT2D eigenvalue weighted by Crippen LogP contribution is -2.51. The van der Waals surface area contributed by atoms with Crippen LogP contribution in [0.3, 0.4) is 0 Å². The Kier molecular flexibility index (Phi) is 5.67. The quantitative estimate of drug-likeness (QED) is 0.831. The Bertz CT molecular complexity index is 407. The summed E-state index contributed by atoms with van der Waals surface area (Å²) in [5, 5.41) is 12.2. The Morgan fingerprint density at radius 2 is 2.00 bits per heavy atom. The van der Waals surface area contributed by atoms with Crippen LogP contribution >= 0.6 is 0 Å². The molecule has 6 nitrogen and oxygen atoms in total. The van der Waals surface area contributed by atoms with Crippen molar-refractivity contribution in [3.8, 4) is 0 Å². The molecule has 2 fully saturated rings. The first kappa shape index (κ1) is 17.1. The summed E-state index contributed by atoms with van der Waals surface area (Å²) in [5.74, 6) is -1.03. The first-order valence-corrected chi connectivity index (χ1v) is 8.29. The number of carboxylic acid groups (broad SMARTS) is 1. The lowest BCUT2D eigenvalue weighted by molar-refractivity contribution is -0.143. The standard InChI is InChI=1S/C16H28N2O4/c1-3-16(4-6-22-7-5-16)11-17-15(21)18-9-12(2)8-13(10-18)14(19)20/h12-13H,3-11H2,1-2H3,(H,17,21)(H,19,20). The molecule has 0 radical (unpaired) electrons. The zero-order chi connectivity index (χ0) is 16.2. The van der Waals surface area contributed by atoms with Gasteiger partial charge in [0.15, 0.2) is 0 Å². The maximum atomic E-state index is 12.4. The molecule has 0 aliphatic carbocycles. The van der Waals surface area contributed by atoms with E-state index in [0.29, 0.717) is 26.1 Å². The minimum atomic E-state index is -0.807. The van der Waals surface area contributed by atoms with Gasteiger partial charge in [0.05, 0.1) is 5.92 Å². The summed E-state index contributed by atoms with van der Waals surface area (Å²) in [7, 11) is 0. The van der Waals surface area contributed by atoms with Crippen LogP contribution in [0.25, 0.3) is 0 Å². The summed E-state index contributed by atoms with van der Waals surface area (Å²) in [5.41, 5.74) is 0.127.